The second-order valence-corrected chi connectivity index (χ2v) is 13.5. The van der Waals surface area contributed by atoms with Crippen molar-refractivity contribution in [3.8, 4) is 0 Å². The molecule has 16 heteroatoms. The fraction of sp³-hybridized carbons (Fsp3) is 0.519. The lowest BCUT2D eigenvalue weighted by Gasteiger charge is -2.36. The van der Waals surface area contributed by atoms with Crippen LogP contribution < -0.4 is 16.4 Å². The quantitative estimate of drug-likeness (QED) is 0.169. The van der Waals surface area contributed by atoms with Gasteiger partial charge in [0.25, 0.3) is 5.91 Å². The summed E-state index contributed by atoms with van der Waals surface area (Å²) in [6.45, 7) is 0.987. The molecule has 234 valence electrons. The number of fused-ring (bicyclic) bond motifs is 1. The van der Waals surface area contributed by atoms with Crippen LogP contribution >= 0.6 is 18.9 Å². The van der Waals surface area contributed by atoms with Gasteiger partial charge in [0.2, 0.25) is 17.7 Å². The highest BCUT2D eigenvalue weighted by Gasteiger charge is 2.37. The highest BCUT2D eigenvalue weighted by Crippen LogP contribution is 2.53. The van der Waals surface area contributed by atoms with Gasteiger partial charge in [0.05, 0.1) is 4.88 Å². The minimum atomic E-state index is -5.00. The summed E-state index contributed by atoms with van der Waals surface area (Å²) in [7, 11) is -5.00. The number of halogens is 1. The predicted molar refractivity (Wildman–Crippen MR) is 159 cm³/mol. The number of primary amides is 1. The van der Waals surface area contributed by atoms with Crippen molar-refractivity contribution in [2.45, 2.75) is 69.0 Å². The molecule has 2 fully saturated rings. The van der Waals surface area contributed by atoms with Gasteiger partial charge in [0.15, 0.2) is 0 Å². The van der Waals surface area contributed by atoms with E-state index in [0.29, 0.717) is 48.9 Å². The topological polar surface area (TPSA) is 206 Å². The maximum atomic E-state index is 14.2. The lowest BCUT2D eigenvalue weighted by Crippen LogP contribution is -2.57. The van der Waals surface area contributed by atoms with Gasteiger partial charge in [-0.1, -0.05) is 18.9 Å². The summed E-state index contributed by atoms with van der Waals surface area (Å²) in [4.78, 5) is 73.6. The number of urea groups is 1. The van der Waals surface area contributed by atoms with E-state index >= 15 is 0 Å². The summed E-state index contributed by atoms with van der Waals surface area (Å²) in [6, 6.07) is 2.84. The fourth-order valence-corrected chi connectivity index (χ4v) is 6.97. The first-order chi connectivity index (χ1) is 20.4. The number of hydrogen-bond donors (Lipinski definition) is 6. The standard InChI is InChI=1S/C27H36FN6O7PS/c28-23(42(39,40)41)16-7-8-21-17(13-16)14-22(43-21)25(36)32-19-5-2-1-3-11-34(26(19)37)20(6-4-10-29)24(35)31-18-9-12-33(15-18)27(30)38/h7-8,10,13-14,18-20,23,29H,1-6,9,11-12,15H2,(H2,30,38)(H,31,35)(H,32,36)(H2,39,40,41)/t18?,19-,20-,23?/m0/s1. The van der Waals surface area contributed by atoms with Crippen molar-refractivity contribution in [1.82, 2.24) is 20.4 Å². The van der Waals surface area contributed by atoms with Crippen LogP contribution in [0.4, 0.5) is 9.18 Å². The summed E-state index contributed by atoms with van der Waals surface area (Å²) in [5.74, 6) is -3.82. The van der Waals surface area contributed by atoms with Gasteiger partial charge in [-0.2, -0.15) is 0 Å². The van der Waals surface area contributed by atoms with E-state index in [2.05, 4.69) is 10.6 Å². The molecule has 2 aliphatic heterocycles. The molecule has 0 spiro atoms. The van der Waals surface area contributed by atoms with Crippen molar-refractivity contribution in [1.29, 1.82) is 5.41 Å². The van der Waals surface area contributed by atoms with Gasteiger partial charge in [0.1, 0.15) is 12.1 Å². The molecule has 4 rings (SSSR count). The highest BCUT2D eigenvalue weighted by atomic mass is 32.1. The molecule has 5 amide bonds. The molecule has 2 saturated heterocycles. The van der Waals surface area contributed by atoms with Gasteiger partial charge < -0.3 is 41.4 Å². The highest BCUT2D eigenvalue weighted by molar-refractivity contribution is 7.51. The first-order valence-electron chi connectivity index (χ1n) is 14.1. The SMILES string of the molecule is N=CCC[C@@H](C(=O)NC1CCN(C(N)=O)C1)N1CCCCC[C@H](NC(=O)c2cc3cc(C(F)P(=O)(O)O)ccc3s2)C1=O. The van der Waals surface area contributed by atoms with Crippen LogP contribution in [0.5, 0.6) is 0 Å². The number of thiophene rings is 1. The van der Waals surface area contributed by atoms with Gasteiger partial charge in [-0.25, -0.2) is 9.18 Å². The van der Waals surface area contributed by atoms with Crippen molar-refractivity contribution in [2.24, 2.45) is 5.73 Å². The number of rotatable bonds is 10. The van der Waals surface area contributed by atoms with Crippen molar-refractivity contribution in [2.75, 3.05) is 19.6 Å². The number of nitrogens with one attached hydrogen (secondary N) is 3. The van der Waals surface area contributed by atoms with Gasteiger partial charge in [-0.05, 0) is 67.5 Å². The molecule has 7 N–H and O–H groups in total. The molecule has 0 bridgehead atoms. The molecule has 43 heavy (non-hydrogen) atoms. The fourth-order valence-electron chi connectivity index (χ4n) is 5.48. The van der Waals surface area contributed by atoms with Gasteiger partial charge in [0, 0.05) is 30.4 Å². The van der Waals surface area contributed by atoms with E-state index in [1.165, 1.54) is 40.3 Å². The van der Waals surface area contributed by atoms with Crippen LogP contribution in [0.2, 0.25) is 0 Å². The number of carbonyl (C=O) groups excluding carboxylic acids is 4. The number of amides is 5. The van der Waals surface area contributed by atoms with Gasteiger partial charge in [-0.3, -0.25) is 18.9 Å². The molecule has 4 atom stereocenters. The number of nitrogens with two attached hydrogens (primary N) is 1. The number of carbonyl (C=O) groups is 4. The summed E-state index contributed by atoms with van der Waals surface area (Å²) in [5.41, 5.74) is 5.15. The van der Waals surface area contributed by atoms with E-state index in [1.54, 1.807) is 0 Å². The van der Waals surface area contributed by atoms with E-state index < -0.39 is 43.4 Å². The minimum absolute atomic E-state index is 0.203. The lowest BCUT2D eigenvalue weighted by molar-refractivity contribution is -0.143. The minimum Gasteiger partial charge on any atom is -0.351 e. The predicted octanol–water partition coefficient (Wildman–Crippen LogP) is 2.62. The van der Waals surface area contributed by atoms with Crippen molar-refractivity contribution in [3.63, 3.8) is 0 Å². The van der Waals surface area contributed by atoms with Gasteiger partial charge in [-0.15, -0.1) is 11.3 Å². The summed E-state index contributed by atoms with van der Waals surface area (Å²) in [5, 5.41) is 13.6. The average molecular weight is 639 g/mol. The zero-order valence-corrected chi connectivity index (χ0v) is 25.1. The Balaban J connectivity index is 1.50. The summed E-state index contributed by atoms with van der Waals surface area (Å²) in [6.07, 6.45) is 4.68. The second kappa shape index (κ2) is 13.9. The Bertz CT molecular complexity index is 1430. The molecule has 1 aromatic heterocycles. The third-order valence-electron chi connectivity index (χ3n) is 7.72. The second-order valence-electron chi connectivity index (χ2n) is 10.8. The first-order valence-corrected chi connectivity index (χ1v) is 16.6. The molecule has 0 saturated carbocycles. The molecule has 13 nitrogen and oxygen atoms in total. The molecule has 2 aliphatic rings. The van der Waals surface area contributed by atoms with E-state index in [0.717, 1.165) is 17.8 Å². The van der Waals surface area contributed by atoms with Crippen LogP contribution in [0.15, 0.2) is 24.3 Å². The number of likely N-dealkylation sites (tertiary alicyclic amines) is 2. The molecule has 1 aromatic carbocycles. The summed E-state index contributed by atoms with van der Waals surface area (Å²) < 4.78 is 26.2. The Morgan fingerprint density at radius 2 is 1.93 bits per heavy atom. The molecule has 2 aromatic rings. The smallest absolute Gasteiger partial charge is 0.351 e. The molecule has 0 aliphatic carbocycles. The number of hydrogen-bond acceptors (Lipinski definition) is 7. The maximum Gasteiger partial charge on any atom is 0.363 e. The van der Waals surface area contributed by atoms with Crippen LogP contribution in [0.25, 0.3) is 10.1 Å². The Hall–Kier alpha value is -3.39. The Morgan fingerprint density at radius 3 is 2.60 bits per heavy atom. The Morgan fingerprint density at radius 1 is 1.16 bits per heavy atom. The zero-order valence-electron chi connectivity index (χ0n) is 23.4. The largest absolute Gasteiger partial charge is 0.363 e. The van der Waals surface area contributed by atoms with Crippen LogP contribution in [0.3, 0.4) is 0 Å². The van der Waals surface area contributed by atoms with Crippen LogP contribution in [0, 0.1) is 5.41 Å². The summed E-state index contributed by atoms with van der Waals surface area (Å²) >= 11 is 1.10. The number of benzene rings is 1. The molecule has 2 unspecified atom stereocenters. The third-order valence-corrected chi connectivity index (χ3v) is 9.73. The van der Waals surface area contributed by atoms with Crippen molar-refractivity contribution < 1.29 is 37.9 Å². The first kappa shape index (κ1) is 32.5. The number of nitrogens with zero attached hydrogens (tertiary/aromatic N) is 2. The van der Waals surface area contributed by atoms with Crippen LogP contribution in [0.1, 0.15) is 66.1 Å². The van der Waals surface area contributed by atoms with E-state index in [1.807, 2.05) is 0 Å². The third kappa shape index (κ3) is 7.96. The van der Waals surface area contributed by atoms with Gasteiger partial charge >= 0.3 is 13.6 Å². The lowest BCUT2D eigenvalue weighted by atomic mass is 9.99. The molecule has 0 radical (unpaired) electrons. The van der Waals surface area contributed by atoms with Crippen LogP contribution in [-0.2, 0) is 14.2 Å². The normalized spacial score (nSPS) is 21.1. The van der Waals surface area contributed by atoms with Crippen LogP contribution in [-0.4, -0.2) is 87.3 Å². The van der Waals surface area contributed by atoms with Crippen molar-refractivity contribution in [3.05, 3.63) is 34.7 Å². The average Bonchev–Trinajstić information content (AvgIpc) is 3.60. The zero-order chi connectivity index (χ0) is 31.3. The Kier molecular flexibility index (Phi) is 10.5. The number of alkyl halides is 1. The maximum absolute atomic E-state index is 14.2. The molecular weight excluding hydrogens is 602 g/mol. The Labute approximate surface area is 251 Å². The van der Waals surface area contributed by atoms with E-state index in [4.69, 9.17) is 11.1 Å². The molecular formula is C27H36FN6O7PS. The molecule has 3 heterocycles. The van der Waals surface area contributed by atoms with E-state index in [-0.39, 0.29) is 41.8 Å². The van der Waals surface area contributed by atoms with E-state index in [9.17, 15) is 37.9 Å². The van der Waals surface area contributed by atoms with Crippen molar-refractivity contribution >= 4 is 59.0 Å². The monoisotopic (exact) mass is 638 g/mol.